The van der Waals surface area contributed by atoms with Crippen molar-refractivity contribution in [2.75, 3.05) is 18.5 Å². The van der Waals surface area contributed by atoms with Gasteiger partial charge in [-0.3, -0.25) is 0 Å². The molecule has 0 aromatic heterocycles. The Morgan fingerprint density at radius 3 is 2.71 bits per heavy atom. The molecule has 0 aliphatic carbocycles. The van der Waals surface area contributed by atoms with Gasteiger partial charge in [0.15, 0.2) is 0 Å². The van der Waals surface area contributed by atoms with E-state index in [9.17, 15) is 4.39 Å². The fourth-order valence-electron chi connectivity index (χ4n) is 3.70. The highest BCUT2D eigenvalue weighted by molar-refractivity contribution is 5.55. The summed E-state index contributed by atoms with van der Waals surface area (Å²) in [6.45, 7) is 1.67. The maximum absolute atomic E-state index is 13.1. The second kappa shape index (κ2) is 5.15. The first-order chi connectivity index (χ1) is 10.3. The van der Waals surface area contributed by atoms with Crippen molar-refractivity contribution in [1.29, 1.82) is 0 Å². The van der Waals surface area contributed by atoms with E-state index in [0.717, 1.165) is 19.6 Å². The molecule has 1 N–H and O–H groups in total. The lowest BCUT2D eigenvalue weighted by Crippen LogP contribution is -2.37. The van der Waals surface area contributed by atoms with Gasteiger partial charge in [0.25, 0.3) is 0 Å². The van der Waals surface area contributed by atoms with Crippen LogP contribution in [0.1, 0.15) is 29.6 Å². The molecule has 3 atom stereocenters. The van der Waals surface area contributed by atoms with E-state index in [0.29, 0.717) is 11.8 Å². The van der Waals surface area contributed by atoms with Crippen LogP contribution in [-0.4, -0.2) is 13.2 Å². The summed E-state index contributed by atoms with van der Waals surface area (Å²) in [7, 11) is 0. The predicted octanol–water partition coefficient (Wildman–Crippen LogP) is 4.11. The molecule has 1 saturated heterocycles. The van der Waals surface area contributed by atoms with Crippen LogP contribution in [-0.2, 0) is 4.74 Å². The molecular weight excluding hydrogens is 265 g/mol. The minimum atomic E-state index is -0.172. The quantitative estimate of drug-likeness (QED) is 0.850. The van der Waals surface area contributed by atoms with Crippen molar-refractivity contribution in [3.63, 3.8) is 0 Å². The second-order valence-electron chi connectivity index (χ2n) is 5.87. The van der Waals surface area contributed by atoms with Crippen LogP contribution in [0.2, 0.25) is 0 Å². The maximum Gasteiger partial charge on any atom is 0.123 e. The van der Waals surface area contributed by atoms with Crippen molar-refractivity contribution in [2.45, 2.75) is 18.4 Å². The van der Waals surface area contributed by atoms with Gasteiger partial charge >= 0.3 is 0 Å². The standard InChI is InChI=1S/C18H18FNO/c19-13-7-5-12(6-8-13)14-9-10-21-18-15-3-1-2-4-17(15)20-11-16(14)18/h1-8,14,16,18,20H,9-11H2/t14-,16+,18+/m1/s1. The van der Waals surface area contributed by atoms with E-state index >= 15 is 0 Å². The number of benzene rings is 2. The summed E-state index contributed by atoms with van der Waals surface area (Å²) in [5.41, 5.74) is 3.65. The van der Waals surface area contributed by atoms with E-state index in [4.69, 9.17) is 4.74 Å². The van der Waals surface area contributed by atoms with E-state index in [-0.39, 0.29) is 11.9 Å². The summed E-state index contributed by atoms with van der Waals surface area (Å²) in [4.78, 5) is 0. The second-order valence-corrected chi connectivity index (χ2v) is 5.87. The Bertz CT molecular complexity index is 640. The number of rotatable bonds is 1. The third kappa shape index (κ3) is 2.22. The number of ether oxygens (including phenoxy) is 1. The molecule has 108 valence electrons. The monoisotopic (exact) mass is 283 g/mol. The first-order valence-corrected chi connectivity index (χ1v) is 7.53. The predicted molar refractivity (Wildman–Crippen MR) is 80.9 cm³/mol. The van der Waals surface area contributed by atoms with Gasteiger partial charge in [-0.25, -0.2) is 4.39 Å². The number of halogens is 1. The Labute approximate surface area is 123 Å². The van der Waals surface area contributed by atoms with Crippen LogP contribution in [0.5, 0.6) is 0 Å². The molecule has 2 nitrogen and oxygen atoms in total. The molecule has 2 aromatic rings. The highest BCUT2D eigenvalue weighted by Crippen LogP contribution is 2.47. The summed E-state index contributed by atoms with van der Waals surface area (Å²) >= 11 is 0. The fourth-order valence-corrected chi connectivity index (χ4v) is 3.70. The Hall–Kier alpha value is -1.87. The fraction of sp³-hybridized carbons (Fsp3) is 0.333. The summed E-state index contributed by atoms with van der Waals surface area (Å²) in [6, 6.07) is 15.3. The van der Waals surface area contributed by atoms with Gasteiger partial charge in [0.1, 0.15) is 5.82 Å². The van der Waals surface area contributed by atoms with Gasteiger partial charge in [-0.15, -0.1) is 0 Å². The highest BCUT2D eigenvalue weighted by Gasteiger charge is 2.39. The Morgan fingerprint density at radius 2 is 1.86 bits per heavy atom. The van der Waals surface area contributed by atoms with Crippen molar-refractivity contribution in [3.8, 4) is 0 Å². The maximum atomic E-state index is 13.1. The van der Waals surface area contributed by atoms with Crippen LogP contribution >= 0.6 is 0 Å². The number of anilines is 1. The van der Waals surface area contributed by atoms with Gasteiger partial charge in [-0.2, -0.15) is 0 Å². The normalized spacial score (nSPS) is 27.4. The number of hydrogen-bond donors (Lipinski definition) is 1. The molecule has 0 unspecified atom stereocenters. The SMILES string of the molecule is Fc1ccc([C@H]2CCO[C@H]3c4ccccc4NC[C@@H]23)cc1. The van der Waals surface area contributed by atoms with Crippen molar-refractivity contribution >= 4 is 5.69 Å². The molecule has 3 heteroatoms. The van der Waals surface area contributed by atoms with E-state index in [2.05, 4.69) is 23.5 Å². The summed E-state index contributed by atoms with van der Waals surface area (Å²) < 4.78 is 19.2. The molecule has 2 aromatic carbocycles. The number of hydrogen-bond acceptors (Lipinski definition) is 2. The topological polar surface area (TPSA) is 21.3 Å². The smallest absolute Gasteiger partial charge is 0.123 e. The Kier molecular flexibility index (Phi) is 3.15. The Morgan fingerprint density at radius 1 is 1.05 bits per heavy atom. The molecular formula is C18H18FNO. The van der Waals surface area contributed by atoms with Gasteiger partial charge in [-0.1, -0.05) is 30.3 Å². The number of fused-ring (bicyclic) bond motifs is 3. The van der Waals surface area contributed by atoms with E-state index in [1.54, 1.807) is 12.1 Å². The van der Waals surface area contributed by atoms with E-state index in [1.807, 2.05) is 18.2 Å². The lowest BCUT2D eigenvalue weighted by atomic mass is 9.75. The van der Waals surface area contributed by atoms with E-state index < -0.39 is 0 Å². The van der Waals surface area contributed by atoms with Gasteiger partial charge in [0.2, 0.25) is 0 Å². The first-order valence-electron chi connectivity index (χ1n) is 7.53. The summed E-state index contributed by atoms with van der Waals surface area (Å²) in [5, 5.41) is 3.52. The van der Waals surface area contributed by atoms with Gasteiger partial charge in [0.05, 0.1) is 6.10 Å². The third-order valence-corrected chi connectivity index (χ3v) is 4.73. The summed E-state index contributed by atoms with van der Waals surface area (Å²) in [5.74, 6) is 0.652. The van der Waals surface area contributed by atoms with Crippen molar-refractivity contribution in [3.05, 3.63) is 65.5 Å². The van der Waals surface area contributed by atoms with Crippen molar-refractivity contribution < 1.29 is 9.13 Å². The highest BCUT2D eigenvalue weighted by atomic mass is 19.1. The van der Waals surface area contributed by atoms with Gasteiger partial charge in [0, 0.05) is 30.3 Å². The molecule has 4 rings (SSSR count). The zero-order valence-corrected chi connectivity index (χ0v) is 11.8. The van der Waals surface area contributed by atoms with Crippen LogP contribution in [0.3, 0.4) is 0 Å². The van der Waals surface area contributed by atoms with Crippen LogP contribution < -0.4 is 5.32 Å². The number of nitrogens with one attached hydrogen (secondary N) is 1. The van der Waals surface area contributed by atoms with Gasteiger partial charge in [-0.05, 0) is 36.1 Å². The summed E-state index contributed by atoms with van der Waals surface area (Å²) in [6.07, 6.45) is 1.14. The van der Waals surface area contributed by atoms with Crippen LogP contribution in [0, 0.1) is 11.7 Å². The van der Waals surface area contributed by atoms with Crippen molar-refractivity contribution in [1.82, 2.24) is 0 Å². The third-order valence-electron chi connectivity index (χ3n) is 4.73. The average Bonchev–Trinajstić information content (AvgIpc) is 2.55. The van der Waals surface area contributed by atoms with Gasteiger partial charge < -0.3 is 10.1 Å². The molecule has 1 fully saturated rings. The molecule has 0 spiro atoms. The zero-order chi connectivity index (χ0) is 14.2. The minimum Gasteiger partial charge on any atom is -0.384 e. The molecule has 0 radical (unpaired) electrons. The Balaban J connectivity index is 1.68. The molecule has 0 saturated carbocycles. The van der Waals surface area contributed by atoms with Crippen LogP contribution in [0.4, 0.5) is 10.1 Å². The molecule has 0 bridgehead atoms. The first kappa shape index (κ1) is 12.8. The van der Waals surface area contributed by atoms with Crippen molar-refractivity contribution in [2.24, 2.45) is 5.92 Å². The largest absolute Gasteiger partial charge is 0.384 e. The molecule has 2 heterocycles. The van der Waals surface area contributed by atoms with Crippen LogP contribution in [0.15, 0.2) is 48.5 Å². The molecule has 21 heavy (non-hydrogen) atoms. The number of para-hydroxylation sites is 1. The van der Waals surface area contributed by atoms with Crippen LogP contribution in [0.25, 0.3) is 0 Å². The molecule has 2 aliphatic heterocycles. The lowest BCUT2D eigenvalue weighted by Gasteiger charge is -2.42. The lowest BCUT2D eigenvalue weighted by molar-refractivity contribution is -0.0381. The molecule has 2 aliphatic rings. The molecule has 0 amide bonds. The zero-order valence-electron chi connectivity index (χ0n) is 11.8. The average molecular weight is 283 g/mol. The van der Waals surface area contributed by atoms with E-state index in [1.165, 1.54) is 16.8 Å². The minimum absolute atomic E-state index is 0.145.